The summed E-state index contributed by atoms with van der Waals surface area (Å²) in [5.74, 6) is -0.384. The van der Waals surface area contributed by atoms with Crippen LogP contribution in [0.25, 0.3) is 0 Å². The van der Waals surface area contributed by atoms with E-state index in [1.54, 1.807) is 0 Å². The fraction of sp³-hybridized carbons (Fsp3) is 0.400. The van der Waals surface area contributed by atoms with Crippen LogP contribution < -0.4 is 10.6 Å². The molecule has 1 rings (SSSR count). The number of thioether (sulfide) groups is 1. The van der Waals surface area contributed by atoms with Crippen LogP contribution in [0, 0.1) is 0 Å². The molecule has 1 atom stereocenters. The summed E-state index contributed by atoms with van der Waals surface area (Å²) in [5.41, 5.74) is 0.809. The lowest BCUT2D eigenvalue weighted by atomic mass is 10.1. The lowest BCUT2D eigenvalue weighted by molar-refractivity contribution is -0.119. The Morgan fingerprint density at radius 1 is 1.23 bits per heavy atom. The molecule has 7 heteroatoms. The molecule has 0 spiro atoms. The van der Waals surface area contributed by atoms with Crippen molar-refractivity contribution in [3.8, 4) is 0 Å². The first-order valence-electron chi connectivity index (χ1n) is 7.06. The maximum absolute atomic E-state index is 12.4. The molecule has 22 heavy (non-hydrogen) atoms. The lowest BCUT2D eigenvalue weighted by Crippen LogP contribution is -2.40. The van der Waals surface area contributed by atoms with E-state index in [1.165, 1.54) is 18.8 Å². The highest BCUT2D eigenvalue weighted by Crippen LogP contribution is 2.31. The number of hydrogen-bond donors (Lipinski definition) is 2. The first kappa shape index (κ1) is 18.4. The fourth-order valence-electron chi connectivity index (χ4n) is 1.80. The minimum Gasteiger partial charge on any atom is -0.358 e. The molecule has 0 fully saturated rings. The van der Waals surface area contributed by atoms with Crippen LogP contribution >= 0.6 is 24.0 Å². The third-order valence-electron chi connectivity index (χ3n) is 3.04. The van der Waals surface area contributed by atoms with Crippen molar-refractivity contribution < 1.29 is 9.59 Å². The summed E-state index contributed by atoms with van der Waals surface area (Å²) in [6, 6.07) is 8.77. The predicted molar refractivity (Wildman–Crippen MR) is 94.9 cm³/mol. The van der Waals surface area contributed by atoms with Crippen LogP contribution in [0.4, 0.5) is 4.79 Å². The van der Waals surface area contributed by atoms with E-state index in [2.05, 4.69) is 10.6 Å². The second kappa shape index (κ2) is 9.42. The van der Waals surface area contributed by atoms with Gasteiger partial charge in [0.25, 0.3) is 0 Å². The van der Waals surface area contributed by atoms with Gasteiger partial charge in [-0.05, 0) is 19.4 Å². The number of nitrogens with zero attached hydrogens (tertiary/aromatic N) is 1. The zero-order valence-corrected chi connectivity index (χ0v) is 14.6. The zero-order chi connectivity index (χ0) is 16.5. The molecule has 0 radical (unpaired) electrons. The van der Waals surface area contributed by atoms with Gasteiger partial charge >= 0.3 is 6.03 Å². The van der Waals surface area contributed by atoms with E-state index in [0.29, 0.717) is 4.32 Å². The van der Waals surface area contributed by atoms with Crippen molar-refractivity contribution in [3.05, 3.63) is 35.9 Å². The molecule has 0 bridgehead atoms. The van der Waals surface area contributed by atoms with Crippen LogP contribution in [0.3, 0.4) is 0 Å². The highest BCUT2D eigenvalue weighted by Gasteiger charge is 2.25. The fourth-order valence-corrected chi connectivity index (χ4v) is 3.41. The van der Waals surface area contributed by atoms with Gasteiger partial charge in [-0.25, -0.2) is 4.79 Å². The van der Waals surface area contributed by atoms with Gasteiger partial charge in [-0.1, -0.05) is 54.3 Å². The molecule has 0 saturated heterocycles. The molecule has 1 aromatic carbocycles. The van der Waals surface area contributed by atoms with Gasteiger partial charge in [0.1, 0.15) is 9.57 Å². The van der Waals surface area contributed by atoms with Gasteiger partial charge in [-0.3, -0.25) is 10.1 Å². The highest BCUT2D eigenvalue weighted by atomic mass is 32.2. The average molecular weight is 339 g/mol. The molecule has 0 aliphatic rings. The van der Waals surface area contributed by atoms with Gasteiger partial charge in [0.05, 0.1) is 0 Å². The van der Waals surface area contributed by atoms with E-state index < -0.39 is 11.3 Å². The summed E-state index contributed by atoms with van der Waals surface area (Å²) in [6.45, 7) is 5.58. The maximum Gasteiger partial charge on any atom is 0.321 e. The molecule has 0 saturated carbocycles. The summed E-state index contributed by atoms with van der Waals surface area (Å²) in [7, 11) is 1.47. The Labute approximate surface area is 140 Å². The van der Waals surface area contributed by atoms with Crippen molar-refractivity contribution >= 4 is 40.2 Å². The Hall–Kier alpha value is -1.60. The molecular weight excluding hydrogens is 318 g/mol. The smallest absolute Gasteiger partial charge is 0.321 e. The van der Waals surface area contributed by atoms with Gasteiger partial charge in [0.15, 0.2) is 0 Å². The van der Waals surface area contributed by atoms with E-state index in [4.69, 9.17) is 12.2 Å². The van der Waals surface area contributed by atoms with E-state index in [0.717, 1.165) is 18.7 Å². The van der Waals surface area contributed by atoms with Crippen molar-refractivity contribution in [1.82, 2.24) is 15.5 Å². The number of benzene rings is 1. The summed E-state index contributed by atoms with van der Waals surface area (Å²) in [5, 5.41) is 4.13. The van der Waals surface area contributed by atoms with Crippen LogP contribution in [-0.2, 0) is 4.79 Å². The first-order valence-corrected chi connectivity index (χ1v) is 8.35. The Morgan fingerprint density at radius 2 is 1.82 bits per heavy atom. The number of amides is 3. The van der Waals surface area contributed by atoms with Crippen molar-refractivity contribution in [2.24, 2.45) is 0 Å². The maximum atomic E-state index is 12.4. The Kier molecular flexibility index (Phi) is 7.90. The number of imide groups is 1. The van der Waals surface area contributed by atoms with Crippen LogP contribution in [0.15, 0.2) is 30.3 Å². The molecule has 0 aromatic heterocycles. The van der Waals surface area contributed by atoms with Crippen molar-refractivity contribution in [1.29, 1.82) is 0 Å². The number of carbonyl (C=O) groups is 2. The van der Waals surface area contributed by atoms with Crippen molar-refractivity contribution in [2.75, 3.05) is 20.1 Å². The molecule has 120 valence electrons. The zero-order valence-electron chi connectivity index (χ0n) is 13.0. The number of hydrogen-bond acceptors (Lipinski definition) is 4. The quantitative estimate of drug-likeness (QED) is 0.807. The second-order valence-corrected chi connectivity index (χ2v) is 6.15. The molecule has 0 aliphatic carbocycles. The number of urea groups is 1. The Morgan fingerprint density at radius 3 is 2.32 bits per heavy atom. The van der Waals surface area contributed by atoms with E-state index in [1.807, 2.05) is 49.1 Å². The third kappa shape index (κ3) is 5.31. The molecular formula is C15H21N3O2S2. The molecule has 5 nitrogen and oxygen atoms in total. The van der Waals surface area contributed by atoms with Gasteiger partial charge < -0.3 is 10.2 Å². The van der Waals surface area contributed by atoms with E-state index in [9.17, 15) is 9.59 Å². The monoisotopic (exact) mass is 339 g/mol. The van der Waals surface area contributed by atoms with Crippen LogP contribution in [-0.4, -0.2) is 41.3 Å². The highest BCUT2D eigenvalue weighted by molar-refractivity contribution is 8.23. The van der Waals surface area contributed by atoms with E-state index >= 15 is 0 Å². The summed E-state index contributed by atoms with van der Waals surface area (Å²) < 4.78 is 0.644. The largest absolute Gasteiger partial charge is 0.358 e. The molecule has 0 heterocycles. The Balaban J connectivity index is 2.95. The minimum absolute atomic E-state index is 0.384. The third-order valence-corrected chi connectivity index (χ3v) is 4.77. The summed E-state index contributed by atoms with van der Waals surface area (Å²) in [6.07, 6.45) is 0. The molecule has 3 amide bonds. The van der Waals surface area contributed by atoms with Crippen LogP contribution in [0.2, 0.25) is 0 Å². The average Bonchev–Trinajstić information content (AvgIpc) is 2.54. The van der Waals surface area contributed by atoms with Crippen molar-refractivity contribution in [3.63, 3.8) is 0 Å². The second-order valence-electron chi connectivity index (χ2n) is 4.42. The summed E-state index contributed by atoms with van der Waals surface area (Å²) in [4.78, 5) is 25.8. The lowest BCUT2D eigenvalue weighted by Gasteiger charge is -2.24. The van der Waals surface area contributed by atoms with E-state index in [-0.39, 0.29) is 5.91 Å². The van der Waals surface area contributed by atoms with Gasteiger partial charge in [0.2, 0.25) is 5.91 Å². The Bertz CT molecular complexity index is 519. The minimum atomic E-state index is -0.563. The first-order chi connectivity index (χ1) is 10.5. The molecule has 0 unspecified atom stereocenters. The van der Waals surface area contributed by atoms with Gasteiger partial charge in [-0.15, -0.1) is 0 Å². The number of thiocarbonyl (C=S) groups is 1. The van der Waals surface area contributed by atoms with Crippen LogP contribution in [0.5, 0.6) is 0 Å². The topological polar surface area (TPSA) is 61.4 Å². The number of nitrogens with one attached hydrogen (secondary N) is 2. The molecule has 2 N–H and O–H groups in total. The van der Waals surface area contributed by atoms with Crippen molar-refractivity contribution in [2.45, 2.75) is 19.1 Å². The summed E-state index contributed by atoms with van der Waals surface area (Å²) >= 11 is 6.70. The van der Waals surface area contributed by atoms with Gasteiger partial charge in [-0.2, -0.15) is 0 Å². The van der Waals surface area contributed by atoms with Crippen LogP contribution in [0.1, 0.15) is 24.7 Å². The standard InChI is InChI=1S/C15H21N3O2S2/c1-4-18(5-2)15(21)22-12(11-9-7-6-8-10-11)13(19)17-14(20)16-3/h6-10,12H,4-5H2,1-3H3,(H2,16,17,19,20)/t12-/m0/s1. The normalized spacial score (nSPS) is 11.4. The SMILES string of the molecule is CCN(CC)C(=S)S[C@H](C(=O)NC(=O)NC)c1ccccc1. The van der Waals surface area contributed by atoms with Gasteiger partial charge in [0, 0.05) is 20.1 Å². The molecule has 0 aliphatic heterocycles. The number of carbonyl (C=O) groups excluding carboxylic acids is 2. The number of rotatable bonds is 5. The molecule has 1 aromatic rings. The predicted octanol–water partition coefficient (Wildman–Crippen LogP) is 2.54.